The molecule has 3 aromatic rings. The summed E-state index contributed by atoms with van der Waals surface area (Å²) in [5.41, 5.74) is 11.4. The van der Waals surface area contributed by atoms with Gasteiger partial charge in [-0.25, -0.2) is 9.97 Å². The Morgan fingerprint density at radius 2 is 1.89 bits per heavy atom. The van der Waals surface area contributed by atoms with Crippen molar-refractivity contribution in [2.75, 3.05) is 10.6 Å². The van der Waals surface area contributed by atoms with E-state index < -0.39 is 47.4 Å². The van der Waals surface area contributed by atoms with Gasteiger partial charge in [0.05, 0.1) is 5.02 Å². The Kier molecular flexibility index (Phi) is 7.83. The summed E-state index contributed by atoms with van der Waals surface area (Å²) in [7, 11) is 0. The van der Waals surface area contributed by atoms with E-state index >= 15 is 0 Å². The fourth-order valence-corrected chi connectivity index (χ4v) is 4.13. The van der Waals surface area contributed by atoms with E-state index in [-0.39, 0.29) is 27.1 Å². The van der Waals surface area contributed by atoms with E-state index in [1.165, 1.54) is 24.0 Å². The second-order valence-corrected chi connectivity index (χ2v) is 8.30. The molecule has 0 saturated carbocycles. The minimum absolute atomic E-state index is 0.00619. The number of halogens is 6. The van der Waals surface area contributed by atoms with Gasteiger partial charge in [-0.2, -0.15) is 8.78 Å². The number of anilines is 3. The van der Waals surface area contributed by atoms with Gasteiger partial charge in [0, 0.05) is 23.5 Å². The van der Waals surface area contributed by atoms with Crippen LogP contribution in [0.1, 0.15) is 22.2 Å². The Hall–Kier alpha value is -3.72. The normalized spacial score (nSPS) is 12.3. The van der Waals surface area contributed by atoms with Crippen molar-refractivity contribution >= 4 is 51.3 Å². The summed E-state index contributed by atoms with van der Waals surface area (Å²) >= 11 is 6.68. The van der Waals surface area contributed by atoms with E-state index in [2.05, 4.69) is 19.4 Å². The molecule has 36 heavy (non-hydrogen) atoms. The minimum Gasteiger partial charge on any atom is -0.417 e. The van der Waals surface area contributed by atoms with Gasteiger partial charge in [0.25, 0.3) is 0 Å². The number of carbonyl (C=O) groups excluding carboxylic acids is 2. The fourth-order valence-electron chi connectivity index (χ4n) is 2.87. The predicted octanol–water partition coefficient (Wildman–Crippen LogP) is 4.52. The van der Waals surface area contributed by atoms with Gasteiger partial charge in [-0.05, 0) is 31.2 Å². The molecule has 2 aromatic heterocycles. The molecule has 192 valence electrons. The molecule has 0 aliphatic rings. The molecular weight excluding hydrogens is 537 g/mol. The van der Waals surface area contributed by atoms with Gasteiger partial charge in [-0.3, -0.25) is 9.59 Å². The minimum atomic E-state index is -4.98. The van der Waals surface area contributed by atoms with Crippen molar-refractivity contribution in [1.29, 1.82) is 0 Å². The Labute approximate surface area is 208 Å². The molecule has 9 nitrogen and oxygen atoms in total. The van der Waals surface area contributed by atoms with E-state index in [0.29, 0.717) is 0 Å². The van der Waals surface area contributed by atoms with Crippen LogP contribution in [0, 0.1) is 0 Å². The van der Waals surface area contributed by atoms with Crippen molar-refractivity contribution in [2.45, 2.75) is 25.9 Å². The molecule has 0 saturated heterocycles. The maximum absolute atomic E-state index is 12.9. The number of nitrogens with zero attached hydrogens (tertiary/aromatic N) is 3. The molecular formula is C20H15ClF5N5O4S. The van der Waals surface area contributed by atoms with Crippen molar-refractivity contribution in [3.05, 3.63) is 52.0 Å². The molecule has 0 unspecified atom stereocenters. The molecule has 3 rings (SSSR count). The highest BCUT2D eigenvalue weighted by Gasteiger charge is 2.33. The summed E-state index contributed by atoms with van der Waals surface area (Å²) in [4.78, 5) is 33.7. The van der Waals surface area contributed by atoms with E-state index in [0.717, 1.165) is 35.7 Å². The van der Waals surface area contributed by atoms with Crippen LogP contribution in [0.5, 0.6) is 11.6 Å². The number of nitrogens with two attached hydrogens (primary N) is 2. The molecule has 0 aliphatic carbocycles. The van der Waals surface area contributed by atoms with Crippen molar-refractivity contribution < 1.29 is 41.0 Å². The third-order valence-corrected chi connectivity index (χ3v) is 5.85. The number of hydrogen-bond donors (Lipinski definition) is 2. The molecule has 4 N–H and O–H groups in total. The second-order valence-electron chi connectivity index (χ2n) is 6.91. The van der Waals surface area contributed by atoms with Crippen molar-refractivity contribution in [2.24, 2.45) is 5.73 Å². The number of amides is 1. The number of hydrogen-bond acceptors (Lipinski definition) is 9. The smallest absolute Gasteiger partial charge is 0.417 e. The number of thiazole rings is 1. The van der Waals surface area contributed by atoms with Crippen molar-refractivity contribution in [1.82, 2.24) is 9.97 Å². The van der Waals surface area contributed by atoms with Crippen LogP contribution in [0.3, 0.4) is 0 Å². The number of nitrogen functional groups attached to an aromatic ring is 1. The Bertz CT molecular complexity index is 1270. The summed E-state index contributed by atoms with van der Waals surface area (Å²) in [5, 5.41) is -0.433. The highest BCUT2D eigenvalue weighted by atomic mass is 35.5. The van der Waals surface area contributed by atoms with Crippen molar-refractivity contribution in [3.63, 3.8) is 0 Å². The summed E-state index contributed by atoms with van der Waals surface area (Å²) < 4.78 is 70.3. The molecule has 0 radical (unpaired) electrons. The number of rotatable bonds is 9. The lowest BCUT2D eigenvalue weighted by atomic mass is 10.1. The van der Waals surface area contributed by atoms with Gasteiger partial charge in [0.1, 0.15) is 22.5 Å². The largest absolute Gasteiger partial charge is 0.573 e. The number of ketones is 1. The van der Waals surface area contributed by atoms with Crippen LogP contribution >= 0.6 is 22.9 Å². The van der Waals surface area contributed by atoms with Crippen LogP contribution < -0.4 is 25.8 Å². The van der Waals surface area contributed by atoms with E-state index in [1.807, 2.05) is 0 Å². The molecule has 1 atom stereocenters. The second kappa shape index (κ2) is 10.5. The Balaban J connectivity index is 1.97. The summed E-state index contributed by atoms with van der Waals surface area (Å²) in [6, 6.07) is 4.35. The molecule has 16 heteroatoms. The number of alkyl halides is 5. The summed E-state index contributed by atoms with van der Waals surface area (Å²) in [6.07, 6.45) is -3.98. The van der Waals surface area contributed by atoms with Gasteiger partial charge < -0.3 is 25.8 Å². The molecule has 1 aromatic carbocycles. The number of carbonyl (C=O) groups is 2. The highest BCUT2D eigenvalue weighted by molar-refractivity contribution is 7.18. The first kappa shape index (κ1) is 26.9. The topological polar surface area (TPSA) is 134 Å². The van der Waals surface area contributed by atoms with Crippen molar-refractivity contribution in [3.8, 4) is 11.6 Å². The predicted molar refractivity (Wildman–Crippen MR) is 120 cm³/mol. The lowest BCUT2D eigenvalue weighted by Crippen LogP contribution is -2.40. The number of benzene rings is 1. The summed E-state index contributed by atoms with van der Waals surface area (Å²) in [6.45, 7) is -1.71. The first-order chi connectivity index (χ1) is 16.8. The standard InChI is InChI=1S/C20H15ClF5N5O4S/c1-8(17(28)33)31(10-3-4-12(11(21)6-10)35-20(24,25)26)19-30-16(27)15(36-19)14(32)9-2-5-13(29-7-9)34-18(22)23/h2-8,18H,27H2,1H3,(H2,28,33)/t8-/m1/s1. The van der Waals surface area contributed by atoms with Crippen LogP contribution in [-0.4, -0.2) is 40.7 Å². The molecule has 0 spiro atoms. The van der Waals surface area contributed by atoms with E-state index in [9.17, 15) is 31.5 Å². The van der Waals surface area contributed by atoms with Gasteiger partial charge >= 0.3 is 13.0 Å². The van der Waals surface area contributed by atoms with Gasteiger partial charge in [0.15, 0.2) is 5.13 Å². The third-order valence-electron chi connectivity index (χ3n) is 4.48. The number of aromatic nitrogens is 2. The lowest BCUT2D eigenvalue weighted by Gasteiger charge is -2.27. The summed E-state index contributed by atoms with van der Waals surface area (Å²) in [5.74, 6) is -2.82. The van der Waals surface area contributed by atoms with Crippen LogP contribution in [0.4, 0.5) is 38.6 Å². The zero-order chi connectivity index (χ0) is 26.8. The van der Waals surface area contributed by atoms with Gasteiger partial charge in [-0.15, -0.1) is 13.2 Å². The average Bonchev–Trinajstić information content (AvgIpc) is 3.15. The van der Waals surface area contributed by atoms with Crippen LogP contribution in [-0.2, 0) is 4.79 Å². The SMILES string of the molecule is C[C@H](C(N)=O)N(c1ccc(OC(F)(F)F)c(Cl)c1)c1nc(N)c(C(=O)c2ccc(OC(F)F)nc2)s1. The zero-order valence-corrected chi connectivity index (χ0v) is 19.5. The first-order valence-electron chi connectivity index (χ1n) is 9.62. The molecule has 0 aliphatic heterocycles. The van der Waals surface area contributed by atoms with Gasteiger partial charge in [-0.1, -0.05) is 22.9 Å². The Morgan fingerprint density at radius 1 is 1.19 bits per heavy atom. The zero-order valence-electron chi connectivity index (χ0n) is 17.9. The molecule has 2 heterocycles. The first-order valence-corrected chi connectivity index (χ1v) is 10.8. The number of ether oxygens (including phenoxy) is 2. The van der Waals surface area contributed by atoms with Crippen LogP contribution in [0.25, 0.3) is 0 Å². The molecule has 0 fully saturated rings. The highest BCUT2D eigenvalue weighted by Crippen LogP contribution is 2.39. The molecule has 1 amide bonds. The lowest BCUT2D eigenvalue weighted by molar-refractivity contribution is -0.274. The monoisotopic (exact) mass is 551 g/mol. The maximum Gasteiger partial charge on any atom is 0.573 e. The van der Waals surface area contributed by atoms with Crippen LogP contribution in [0.2, 0.25) is 5.02 Å². The number of primary amides is 1. The van der Waals surface area contributed by atoms with E-state index in [1.54, 1.807) is 0 Å². The van der Waals surface area contributed by atoms with Gasteiger partial charge in [0.2, 0.25) is 17.6 Å². The third kappa shape index (κ3) is 6.28. The quantitative estimate of drug-likeness (QED) is 0.293. The number of pyridine rings is 1. The molecule has 0 bridgehead atoms. The average molecular weight is 552 g/mol. The van der Waals surface area contributed by atoms with E-state index in [4.69, 9.17) is 23.1 Å². The fraction of sp³-hybridized carbons (Fsp3) is 0.200. The maximum atomic E-state index is 12.9. The Morgan fingerprint density at radius 3 is 2.42 bits per heavy atom. The van der Waals surface area contributed by atoms with Crippen LogP contribution in [0.15, 0.2) is 36.5 Å².